The molecule has 0 saturated heterocycles. The van der Waals surface area contributed by atoms with Crippen molar-refractivity contribution in [2.24, 2.45) is 0 Å². The van der Waals surface area contributed by atoms with Gasteiger partial charge in [-0.15, -0.1) is 0 Å². The Morgan fingerprint density at radius 1 is 1.31 bits per heavy atom. The van der Waals surface area contributed by atoms with E-state index < -0.39 is 5.60 Å². The van der Waals surface area contributed by atoms with Crippen molar-refractivity contribution in [2.45, 2.75) is 50.9 Å². The number of rotatable bonds is 3. The van der Waals surface area contributed by atoms with Crippen LogP contribution in [-0.2, 0) is 11.3 Å². The summed E-state index contributed by atoms with van der Waals surface area (Å²) in [6.45, 7) is 2.49. The first-order valence-corrected chi connectivity index (χ1v) is 6.06. The van der Waals surface area contributed by atoms with Crippen LogP contribution >= 0.6 is 0 Å². The molecule has 0 aromatic heterocycles. The van der Waals surface area contributed by atoms with Crippen molar-refractivity contribution >= 4 is 0 Å². The molecule has 2 heteroatoms. The van der Waals surface area contributed by atoms with Gasteiger partial charge in [-0.25, -0.2) is 0 Å². The summed E-state index contributed by atoms with van der Waals surface area (Å²) < 4.78 is 5.83. The number of hydrogen-bond acceptors (Lipinski definition) is 2. The quantitative estimate of drug-likeness (QED) is 0.848. The van der Waals surface area contributed by atoms with Crippen LogP contribution < -0.4 is 0 Å². The highest BCUT2D eigenvalue weighted by molar-refractivity contribution is 5.13. The highest BCUT2D eigenvalue weighted by Crippen LogP contribution is 2.30. The van der Waals surface area contributed by atoms with Gasteiger partial charge in [0.2, 0.25) is 0 Å². The molecule has 1 aromatic carbocycles. The predicted octanol–water partition coefficient (Wildman–Crippen LogP) is 2.90. The molecule has 1 saturated carbocycles. The standard InChI is InChI=1S/C14H20O2/c1-14(15)10-6-5-9-13(14)16-11-12-7-3-2-4-8-12/h2-4,7-8,13,15H,5-6,9-11H2,1H3/t13-,14-/m0/s1. The Labute approximate surface area is 97.3 Å². The lowest BCUT2D eigenvalue weighted by Crippen LogP contribution is -2.43. The summed E-state index contributed by atoms with van der Waals surface area (Å²) in [5, 5.41) is 10.2. The second-order valence-corrected chi connectivity index (χ2v) is 4.89. The van der Waals surface area contributed by atoms with Gasteiger partial charge in [0.1, 0.15) is 0 Å². The fourth-order valence-electron chi connectivity index (χ4n) is 2.32. The van der Waals surface area contributed by atoms with Gasteiger partial charge >= 0.3 is 0 Å². The minimum atomic E-state index is -0.646. The third-order valence-corrected chi connectivity index (χ3v) is 3.39. The van der Waals surface area contributed by atoms with Gasteiger partial charge in [0.25, 0.3) is 0 Å². The van der Waals surface area contributed by atoms with Crippen molar-refractivity contribution in [1.82, 2.24) is 0 Å². The summed E-state index contributed by atoms with van der Waals surface area (Å²) in [4.78, 5) is 0. The van der Waals surface area contributed by atoms with Crippen molar-refractivity contribution in [1.29, 1.82) is 0 Å². The number of aliphatic hydroxyl groups is 1. The van der Waals surface area contributed by atoms with Gasteiger partial charge in [-0.1, -0.05) is 43.2 Å². The Hall–Kier alpha value is -0.860. The van der Waals surface area contributed by atoms with E-state index in [0.29, 0.717) is 6.61 Å². The van der Waals surface area contributed by atoms with Crippen LogP contribution in [-0.4, -0.2) is 16.8 Å². The van der Waals surface area contributed by atoms with Crippen LogP contribution in [0.5, 0.6) is 0 Å². The maximum Gasteiger partial charge on any atom is 0.0880 e. The van der Waals surface area contributed by atoms with Gasteiger partial charge in [-0.3, -0.25) is 0 Å². The van der Waals surface area contributed by atoms with Gasteiger partial charge < -0.3 is 9.84 Å². The lowest BCUT2D eigenvalue weighted by atomic mass is 9.84. The van der Waals surface area contributed by atoms with Crippen LogP contribution in [0.2, 0.25) is 0 Å². The smallest absolute Gasteiger partial charge is 0.0880 e. The van der Waals surface area contributed by atoms with Gasteiger partial charge in [-0.05, 0) is 25.3 Å². The van der Waals surface area contributed by atoms with E-state index in [1.165, 1.54) is 5.56 Å². The largest absolute Gasteiger partial charge is 0.387 e. The van der Waals surface area contributed by atoms with Crippen LogP contribution in [0.1, 0.15) is 38.2 Å². The van der Waals surface area contributed by atoms with Crippen molar-refractivity contribution in [3.63, 3.8) is 0 Å². The summed E-state index contributed by atoms with van der Waals surface area (Å²) in [5.74, 6) is 0. The fourth-order valence-corrected chi connectivity index (χ4v) is 2.32. The molecule has 2 rings (SSSR count). The van der Waals surface area contributed by atoms with Gasteiger partial charge in [0.05, 0.1) is 18.3 Å². The van der Waals surface area contributed by atoms with Crippen molar-refractivity contribution < 1.29 is 9.84 Å². The lowest BCUT2D eigenvalue weighted by Gasteiger charge is -2.36. The molecule has 0 bridgehead atoms. The third-order valence-electron chi connectivity index (χ3n) is 3.39. The molecule has 2 atom stereocenters. The van der Waals surface area contributed by atoms with Gasteiger partial charge in [-0.2, -0.15) is 0 Å². The van der Waals surface area contributed by atoms with Crippen LogP contribution in [0.25, 0.3) is 0 Å². The van der Waals surface area contributed by atoms with Crippen molar-refractivity contribution in [3.8, 4) is 0 Å². The zero-order valence-corrected chi connectivity index (χ0v) is 9.86. The molecule has 1 N–H and O–H groups in total. The molecule has 1 aromatic rings. The molecule has 0 spiro atoms. The summed E-state index contributed by atoms with van der Waals surface area (Å²) in [6.07, 6.45) is 4.08. The van der Waals surface area contributed by atoms with E-state index in [1.54, 1.807) is 0 Å². The molecular weight excluding hydrogens is 200 g/mol. The first-order chi connectivity index (χ1) is 7.68. The second kappa shape index (κ2) is 4.98. The van der Waals surface area contributed by atoms with E-state index >= 15 is 0 Å². The van der Waals surface area contributed by atoms with E-state index in [-0.39, 0.29) is 6.10 Å². The highest BCUT2D eigenvalue weighted by Gasteiger charge is 2.34. The molecule has 0 heterocycles. The Bertz CT molecular complexity index is 319. The Kier molecular flexibility index (Phi) is 3.62. The SMILES string of the molecule is C[C@]1(O)CCCC[C@@H]1OCc1ccccc1. The number of benzene rings is 1. The number of ether oxygens (including phenoxy) is 1. The van der Waals surface area contributed by atoms with E-state index in [2.05, 4.69) is 12.1 Å². The fraction of sp³-hybridized carbons (Fsp3) is 0.571. The maximum atomic E-state index is 10.2. The highest BCUT2D eigenvalue weighted by atomic mass is 16.5. The van der Waals surface area contributed by atoms with Crippen LogP contribution in [0.15, 0.2) is 30.3 Å². The van der Waals surface area contributed by atoms with Crippen LogP contribution in [0, 0.1) is 0 Å². The Morgan fingerprint density at radius 3 is 2.75 bits per heavy atom. The van der Waals surface area contributed by atoms with E-state index in [1.807, 2.05) is 25.1 Å². The molecule has 0 amide bonds. The second-order valence-electron chi connectivity index (χ2n) is 4.89. The van der Waals surface area contributed by atoms with Crippen molar-refractivity contribution in [2.75, 3.05) is 0 Å². The predicted molar refractivity (Wildman–Crippen MR) is 64.1 cm³/mol. The third kappa shape index (κ3) is 2.83. The first-order valence-electron chi connectivity index (χ1n) is 6.06. The van der Waals surface area contributed by atoms with Crippen LogP contribution in [0.3, 0.4) is 0 Å². The lowest BCUT2D eigenvalue weighted by molar-refractivity contribution is -0.126. The molecule has 1 fully saturated rings. The first kappa shape index (κ1) is 11.6. The monoisotopic (exact) mass is 220 g/mol. The molecule has 0 unspecified atom stereocenters. The molecular formula is C14H20O2. The molecule has 16 heavy (non-hydrogen) atoms. The molecule has 0 radical (unpaired) electrons. The Balaban J connectivity index is 1.90. The molecule has 1 aliphatic carbocycles. The van der Waals surface area contributed by atoms with Gasteiger partial charge in [0, 0.05) is 0 Å². The zero-order chi connectivity index (χ0) is 11.4. The van der Waals surface area contributed by atoms with E-state index in [0.717, 1.165) is 25.7 Å². The molecule has 88 valence electrons. The minimum Gasteiger partial charge on any atom is -0.387 e. The zero-order valence-electron chi connectivity index (χ0n) is 9.86. The normalized spacial score (nSPS) is 30.2. The minimum absolute atomic E-state index is 0.0125. The summed E-state index contributed by atoms with van der Waals surface area (Å²) >= 11 is 0. The summed E-state index contributed by atoms with van der Waals surface area (Å²) in [7, 11) is 0. The Morgan fingerprint density at radius 2 is 2.06 bits per heavy atom. The summed E-state index contributed by atoms with van der Waals surface area (Å²) in [6, 6.07) is 10.1. The van der Waals surface area contributed by atoms with E-state index in [4.69, 9.17) is 4.74 Å². The molecule has 0 aliphatic heterocycles. The average molecular weight is 220 g/mol. The average Bonchev–Trinajstić information content (AvgIpc) is 2.28. The van der Waals surface area contributed by atoms with Crippen LogP contribution in [0.4, 0.5) is 0 Å². The topological polar surface area (TPSA) is 29.5 Å². The maximum absolute atomic E-state index is 10.2. The van der Waals surface area contributed by atoms with Crippen molar-refractivity contribution in [3.05, 3.63) is 35.9 Å². The molecule has 1 aliphatic rings. The van der Waals surface area contributed by atoms with E-state index in [9.17, 15) is 5.11 Å². The number of hydrogen-bond donors (Lipinski definition) is 1. The molecule has 2 nitrogen and oxygen atoms in total. The summed E-state index contributed by atoms with van der Waals surface area (Å²) in [5.41, 5.74) is 0.524. The van der Waals surface area contributed by atoms with Gasteiger partial charge in [0.15, 0.2) is 0 Å².